The van der Waals surface area contributed by atoms with E-state index >= 15 is 0 Å². The second kappa shape index (κ2) is 11.1. The van der Waals surface area contributed by atoms with Crippen LogP contribution in [-0.4, -0.2) is 34.6 Å². The zero-order valence-corrected chi connectivity index (χ0v) is 19.9. The van der Waals surface area contributed by atoms with Crippen LogP contribution >= 0.6 is 0 Å². The lowest BCUT2D eigenvalue weighted by Crippen LogP contribution is -2.48. The van der Waals surface area contributed by atoms with Crippen molar-refractivity contribution in [3.63, 3.8) is 0 Å². The summed E-state index contributed by atoms with van der Waals surface area (Å²) in [6.07, 6.45) is 0.131. The van der Waals surface area contributed by atoms with Crippen LogP contribution in [0.3, 0.4) is 0 Å². The number of rotatable bonds is 10. The molecule has 1 amide bonds. The largest absolute Gasteiger partial charge is 0.493 e. The van der Waals surface area contributed by atoms with Crippen molar-refractivity contribution >= 4 is 15.9 Å². The normalized spacial score (nSPS) is 13.1. The fraction of sp³-hybridized carbons (Fsp3) is 0.240. The number of amides is 1. The average molecular weight is 487 g/mol. The average Bonchev–Trinajstić information content (AvgIpc) is 2.83. The Bertz CT molecular complexity index is 1220. The molecule has 3 rings (SSSR count). The van der Waals surface area contributed by atoms with E-state index in [0.29, 0.717) is 11.5 Å². The number of ether oxygens (including phenoxy) is 2. The molecule has 3 aromatic carbocycles. The third-order valence-corrected chi connectivity index (χ3v) is 6.77. The standard InChI is InChI=1S/C25H27FN2O5S/c1-17(19-9-14-23(32-2)24(16-19)33-3)27-25(29)22(15-18-7-5-4-6-8-18)28-34(30,31)21-12-10-20(26)11-13-21/h4-14,16-17,22,28H,15H2,1-3H3,(H,27,29)/t17-,22-/m1/s1. The Labute approximate surface area is 199 Å². The van der Waals surface area contributed by atoms with Gasteiger partial charge in [-0.3, -0.25) is 4.79 Å². The highest BCUT2D eigenvalue weighted by Crippen LogP contribution is 2.30. The summed E-state index contributed by atoms with van der Waals surface area (Å²) >= 11 is 0. The van der Waals surface area contributed by atoms with Crippen LogP contribution in [0.1, 0.15) is 24.1 Å². The molecule has 2 atom stereocenters. The van der Waals surface area contributed by atoms with Gasteiger partial charge in [-0.2, -0.15) is 4.72 Å². The summed E-state index contributed by atoms with van der Waals surface area (Å²) in [6.45, 7) is 1.78. The van der Waals surface area contributed by atoms with Crippen molar-refractivity contribution in [1.82, 2.24) is 10.0 Å². The molecule has 0 saturated heterocycles. The van der Waals surface area contributed by atoms with Gasteiger partial charge in [0.05, 0.1) is 25.2 Å². The minimum Gasteiger partial charge on any atom is -0.493 e. The molecule has 0 radical (unpaired) electrons. The van der Waals surface area contributed by atoms with Crippen LogP contribution in [0.5, 0.6) is 11.5 Å². The van der Waals surface area contributed by atoms with Gasteiger partial charge in [0.15, 0.2) is 11.5 Å². The van der Waals surface area contributed by atoms with Crippen LogP contribution in [0.2, 0.25) is 0 Å². The molecule has 0 saturated carbocycles. The van der Waals surface area contributed by atoms with Crippen molar-refractivity contribution in [1.29, 1.82) is 0 Å². The van der Waals surface area contributed by atoms with E-state index in [1.807, 2.05) is 30.3 Å². The third-order valence-electron chi connectivity index (χ3n) is 5.29. The quantitative estimate of drug-likeness (QED) is 0.457. The van der Waals surface area contributed by atoms with Gasteiger partial charge in [-0.25, -0.2) is 12.8 Å². The first-order valence-corrected chi connectivity index (χ1v) is 12.1. The highest BCUT2D eigenvalue weighted by molar-refractivity contribution is 7.89. The van der Waals surface area contributed by atoms with Gasteiger partial charge in [-0.05, 0) is 60.9 Å². The van der Waals surface area contributed by atoms with Crippen LogP contribution in [0.4, 0.5) is 4.39 Å². The maximum absolute atomic E-state index is 13.3. The number of halogens is 1. The van der Waals surface area contributed by atoms with Crippen LogP contribution in [0.25, 0.3) is 0 Å². The first kappa shape index (κ1) is 25.2. The molecule has 0 aliphatic carbocycles. The van der Waals surface area contributed by atoms with Gasteiger partial charge < -0.3 is 14.8 Å². The lowest BCUT2D eigenvalue weighted by Gasteiger charge is -2.22. The molecule has 9 heteroatoms. The van der Waals surface area contributed by atoms with E-state index in [1.54, 1.807) is 25.1 Å². The lowest BCUT2D eigenvalue weighted by molar-refractivity contribution is -0.123. The van der Waals surface area contributed by atoms with E-state index in [4.69, 9.17) is 9.47 Å². The highest BCUT2D eigenvalue weighted by atomic mass is 32.2. The Kier molecular flexibility index (Phi) is 8.25. The van der Waals surface area contributed by atoms with Crippen molar-refractivity contribution < 1.29 is 27.1 Å². The van der Waals surface area contributed by atoms with Crippen LogP contribution in [0.15, 0.2) is 77.7 Å². The summed E-state index contributed by atoms with van der Waals surface area (Å²) in [7, 11) is -1.02. The molecule has 0 aromatic heterocycles. The van der Waals surface area contributed by atoms with E-state index in [0.717, 1.165) is 35.4 Å². The van der Waals surface area contributed by atoms with Gasteiger partial charge in [0.2, 0.25) is 15.9 Å². The molecule has 0 aliphatic rings. The number of hydrogen-bond donors (Lipinski definition) is 2. The molecule has 7 nitrogen and oxygen atoms in total. The Morgan fingerprint density at radius 1 is 0.941 bits per heavy atom. The molecule has 0 heterocycles. The SMILES string of the molecule is COc1ccc([C@@H](C)NC(=O)[C@@H](Cc2ccccc2)NS(=O)(=O)c2ccc(F)cc2)cc1OC. The minimum absolute atomic E-state index is 0.131. The summed E-state index contributed by atoms with van der Waals surface area (Å²) in [6, 6.07) is 17.2. The predicted octanol–water partition coefficient (Wildman–Crippen LogP) is 3.61. The Morgan fingerprint density at radius 3 is 2.21 bits per heavy atom. The van der Waals surface area contributed by atoms with Crippen molar-refractivity contribution in [3.05, 3.63) is 89.7 Å². The number of nitrogens with one attached hydrogen (secondary N) is 2. The molecule has 3 aromatic rings. The molecule has 0 aliphatic heterocycles. The van der Waals surface area contributed by atoms with Gasteiger partial charge in [-0.15, -0.1) is 0 Å². The van der Waals surface area contributed by atoms with Crippen LogP contribution in [-0.2, 0) is 21.2 Å². The van der Waals surface area contributed by atoms with E-state index in [2.05, 4.69) is 10.0 Å². The molecule has 0 unspecified atom stereocenters. The van der Waals surface area contributed by atoms with Gasteiger partial charge in [0, 0.05) is 0 Å². The molecular weight excluding hydrogens is 459 g/mol. The predicted molar refractivity (Wildman–Crippen MR) is 127 cm³/mol. The molecule has 34 heavy (non-hydrogen) atoms. The Morgan fingerprint density at radius 2 is 1.59 bits per heavy atom. The lowest BCUT2D eigenvalue weighted by atomic mass is 10.0. The molecule has 0 fully saturated rings. The second-order valence-corrected chi connectivity index (χ2v) is 9.38. The smallest absolute Gasteiger partial charge is 0.241 e. The number of hydrogen-bond acceptors (Lipinski definition) is 5. The maximum atomic E-state index is 13.3. The highest BCUT2D eigenvalue weighted by Gasteiger charge is 2.27. The zero-order chi connectivity index (χ0) is 24.7. The van der Waals surface area contributed by atoms with E-state index in [1.165, 1.54) is 14.2 Å². The third kappa shape index (κ3) is 6.33. The van der Waals surface area contributed by atoms with Crippen LogP contribution in [0, 0.1) is 5.82 Å². The summed E-state index contributed by atoms with van der Waals surface area (Å²) in [5.41, 5.74) is 1.54. The topological polar surface area (TPSA) is 93.7 Å². The van der Waals surface area contributed by atoms with E-state index in [-0.39, 0.29) is 11.3 Å². The molecule has 0 bridgehead atoms. The summed E-state index contributed by atoms with van der Waals surface area (Å²) in [5, 5.41) is 2.87. The number of methoxy groups -OCH3 is 2. The van der Waals surface area contributed by atoms with Crippen molar-refractivity contribution in [2.24, 2.45) is 0 Å². The van der Waals surface area contributed by atoms with Crippen molar-refractivity contribution in [2.45, 2.75) is 30.3 Å². The molecule has 0 spiro atoms. The first-order valence-electron chi connectivity index (χ1n) is 10.6. The van der Waals surface area contributed by atoms with Crippen LogP contribution < -0.4 is 19.5 Å². The molecular formula is C25H27FN2O5S. The number of carbonyl (C=O) groups is 1. The summed E-state index contributed by atoms with van der Waals surface area (Å²) < 4.78 is 52.1. The first-order chi connectivity index (χ1) is 16.2. The molecule has 2 N–H and O–H groups in total. The Balaban J connectivity index is 1.83. The zero-order valence-electron chi connectivity index (χ0n) is 19.1. The fourth-order valence-corrected chi connectivity index (χ4v) is 4.62. The second-order valence-electron chi connectivity index (χ2n) is 7.66. The Hall–Kier alpha value is -3.43. The summed E-state index contributed by atoms with van der Waals surface area (Å²) in [4.78, 5) is 13.1. The maximum Gasteiger partial charge on any atom is 0.241 e. The van der Waals surface area contributed by atoms with Crippen molar-refractivity contribution in [2.75, 3.05) is 14.2 Å². The number of benzene rings is 3. The van der Waals surface area contributed by atoms with Gasteiger partial charge in [0.1, 0.15) is 11.9 Å². The van der Waals surface area contributed by atoms with Crippen molar-refractivity contribution in [3.8, 4) is 11.5 Å². The van der Waals surface area contributed by atoms with Gasteiger partial charge >= 0.3 is 0 Å². The van der Waals surface area contributed by atoms with E-state index in [9.17, 15) is 17.6 Å². The monoisotopic (exact) mass is 486 g/mol. The minimum atomic E-state index is -4.08. The van der Waals surface area contributed by atoms with Gasteiger partial charge in [0.25, 0.3) is 0 Å². The van der Waals surface area contributed by atoms with E-state index < -0.39 is 33.8 Å². The van der Waals surface area contributed by atoms with Gasteiger partial charge in [-0.1, -0.05) is 36.4 Å². The fourth-order valence-electron chi connectivity index (χ4n) is 3.43. The summed E-state index contributed by atoms with van der Waals surface area (Å²) in [5.74, 6) is 0.0100. The molecule has 180 valence electrons. The number of sulfonamides is 1. The number of carbonyl (C=O) groups excluding carboxylic acids is 1.